The molecule has 2 aromatic carbocycles. The molecule has 0 saturated carbocycles. The molecular formula is C18H21NO5S. The zero-order valence-electron chi connectivity index (χ0n) is 13.9. The van der Waals surface area contributed by atoms with Gasteiger partial charge in [-0.1, -0.05) is 36.4 Å². The van der Waals surface area contributed by atoms with E-state index in [1.54, 1.807) is 0 Å². The number of hydrogen-bond acceptors (Lipinski definition) is 5. The van der Waals surface area contributed by atoms with Crippen LogP contribution in [0.2, 0.25) is 0 Å². The number of hydrogen-bond donors (Lipinski definition) is 2. The molecule has 0 aromatic heterocycles. The molecule has 0 saturated heterocycles. The van der Waals surface area contributed by atoms with E-state index in [2.05, 4.69) is 9.46 Å². The van der Waals surface area contributed by atoms with Crippen LogP contribution in [0.3, 0.4) is 0 Å². The number of phenolic OH excluding ortho intramolecular Hbond substituents is 1. The summed E-state index contributed by atoms with van der Waals surface area (Å²) in [5, 5.41) is 9.48. The number of rotatable bonds is 8. The summed E-state index contributed by atoms with van der Waals surface area (Å²) in [5.74, 6) is -0.631. The van der Waals surface area contributed by atoms with Crippen molar-refractivity contribution >= 4 is 16.0 Å². The second-order valence-corrected chi connectivity index (χ2v) is 7.33. The van der Waals surface area contributed by atoms with Crippen molar-refractivity contribution in [2.45, 2.75) is 30.2 Å². The lowest BCUT2D eigenvalue weighted by atomic mass is 10.0. The molecule has 0 amide bonds. The highest BCUT2D eigenvalue weighted by atomic mass is 32.2. The van der Waals surface area contributed by atoms with Crippen molar-refractivity contribution in [2.75, 3.05) is 7.11 Å². The largest absolute Gasteiger partial charge is 0.508 e. The van der Waals surface area contributed by atoms with E-state index in [0.29, 0.717) is 12.8 Å². The van der Waals surface area contributed by atoms with Crippen LogP contribution >= 0.6 is 0 Å². The first-order valence-corrected chi connectivity index (χ1v) is 9.31. The lowest BCUT2D eigenvalue weighted by molar-refractivity contribution is -0.141. The van der Waals surface area contributed by atoms with Gasteiger partial charge in [-0.2, -0.15) is 0 Å². The second-order valence-electron chi connectivity index (χ2n) is 5.62. The maximum absolute atomic E-state index is 12.5. The Balaban J connectivity index is 2.13. The zero-order valence-corrected chi connectivity index (χ0v) is 14.7. The number of carbonyl (C=O) groups is 1. The SMILES string of the molecule is COC(=O)CC(CCc1ccccc1)NS(=O)(=O)c1cccc(O)c1. The van der Waals surface area contributed by atoms with Gasteiger partial charge in [0.1, 0.15) is 5.75 Å². The van der Waals surface area contributed by atoms with Gasteiger partial charge < -0.3 is 9.84 Å². The fourth-order valence-electron chi connectivity index (χ4n) is 2.41. The van der Waals surface area contributed by atoms with E-state index >= 15 is 0 Å². The normalized spacial score (nSPS) is 12.5. The molecule has 25 heavy (non-hydrogen) atoms. The number of phenols is 1. The molecule has 1 atom stereocenters. The molecule has 134 valence electrons. The molecule has 0 aliphatic rings. The maximum atomic E-state index is 12.5. The van der Waals surface area contributed by atoms with Crippen LogP contribution in [0.4, 0.5) is 0 Å². The van der Waals surface area contributed by atoms with Gasteiger partial charge in [0.15, 0.2) is 0 Å². The van der Waals surface area contributed by atoms with Crippen molar-refractivity contribution in [2.24, 2.45) is 0 Å². The first-order valence-electron chi connectivity index (χ1n) is 7.83. The number of aromatic hydroxyl groups is 1. The van der Waals surface area contributed by atoms with E-state index in [-0.39, 0.29) is 17.1 Å². The predicted molar refractivity (Wildman–Crippen MR) is 93.6 cm³/mol. The summed E-state index contributed by atoms with van der Waals surface area (Å²) in [6, 6.07) is 14.4. The lowest BCUT2D eigenvalue weighted by Gasteiger charge is -2.18. The van der Waals surface area contributed by atoms with Gasteiger partial charge in [0, 0.05) is 6.04 Å². The molecule has 2 rings (SSSR count). The second kappa shape index (κ2) is 8.64. The first-order chi connectivity index (χ1) is 11.9. The standard InChI is InChI=1S/C18H21NO5S/c1-24-18(21)12-15(11-10-14-6-3-2-4-7-14)19-25(22,23)17-9-5-8-16(20)13-17/h2-9,13,15,19-20H,10-12H2,1H3. The van der Waals surface area contributed by atoms with Gasteiger partial charge in [-0.25, -0.2) is 13.1 Å². The molecule has 0 bridgehead atoms. The number of nitrogens with one attached hydrogen (secondary N) is 1. The Morgan fingerprint density at radius 2 is 1.88 bits per heavy atom. The summed E-state index contributed by atoms with van der Waals surface area (Å²) >= 11 is 0. The Bertz CT molecular complexity index is 805. The van der Waals surface area contributed by atoms with E-state index in [9.17, 15) is 18.3 Å². The van der Waals surface area contributed by atoms with E-state index in [4.69, 9.17) is 0 Å². The van der Waals surface area contributed by atoms with Crippen molar-refractivity contribution < 1.29 is 23.1 Å². The topological polar surface area (TPSA) is 92.7 Å². The van der Waals surface area contributed by atoms with Gasteiger partial charge in [-0.05, 0) is 36.6 Å². The van der Waals surface area contributed by atoms with E-state index in [0.717, 1.165) is 11.6 Å². The average molecular weight is 363 g/mol. The predicted octanol–water partition coefficient (Wildman–Crippen LogP) is 2.24. The third kappa shape index (κ3) is 5.88. The molecule has 6 nitrogen and oxygen atoms in total. The van der Waals surface area contributed by atoms with Crippen molar-refractivity contribution in [1.29, 1.82) is 0 Å². The summed E-state index contributed by atoms with van der Waals surface area (Å²) in [7, 11) is -2.59. The average Bonchev–Trinajstić information content (AvgIpc) is 2.60. The Morgan fingerprint density at radius 3 is 2.52 bits per heavy atom. The number of aryl methyl sites for hydroxylation is 1. The molecule has 0 heterocycles. The molecule has 2 aromatic rings. The zero-order chi connectivity index (χ0) is 18.3. The quantitative estimate of drug-likeness (QED) is 0.702. The Hall–Kier alpha value is -2.38. The monoisotopic (exact) mass is 363 g/mol. The third-order valence-corrected chi connectivity index (χ3v) is 5.23. The van der Waals surface area contributed by atoms with Gasteiger partial charge in [0.2, 0.25) is 10.0 Å². The summed E-state index contributed by atoms with van der Waals surface area (Å²) in [5.41, 5.74) is 1.05. The van der Waals surface area contributed by atoms with Crippen molar-refractivity contribution in [3.63, 3.8) is 0 Å². The van der Waals surface area contributed by atoms with Crippen molar-refractivity contribution in [3.8, 4) is 5.75 Å². The smallest absolute Gasteiger partial charge is 0.307 e. The Labute approximate surface area is 147 Å². The van der Waals surface area contributed by atoms with Gasteiger partial charge >= 0.3 is 5.97 Å². The van der Waals surface area contributed by atoms with Crippen LogP contribution in [0, 0.1) is 0 Å². The highest BCUT2D eigenvalue weighted by molar-refractivity contribution is 7.89. The summed E-state index contributed by atoms with van der Waals surface area (Å²) in [4.78, 5) is 11.6. The fourth-order valence-corrected chi connectivity index (χ4v) is 3.72. The van der Waals surface area contributed by atoms with Gasteiger partial charge in [-0.15, -0.1) is 0 Å². The summed E-state index contributed by atoms with van der Waals surface area (Å²) < 4.78 is 32.2. The minimum atomic E-state index is -3.86. The summed E-state index contributed by atoms with van der Waals surface area (Å²) in [6.45, 7) is 0. The molecule has 2 N–H and O–H groups in total. The van der Waals surface area contributed by atoms with Gasteiger partial charge in [0.05, 0.1) is 18.4 Å². The van der Waals surface area contributed by atoms with Crippen LogP contribution < -0.4 is 4.72 Å². The van der Waals surface area contributed by atoms with Gasteiger partial charge in [-0.3, -0.25) is 4.79 Å². The molecule has 1 unspecified atom stereocenters. The Kier molecular flexibility index (Phi) is 6.55. The van der Waals surface area contributed by atoms with Crippen LogP contribution in [0.25, 0.3) is 0 Å². The number of methoxy groups -OCH3 is 1. The van der Waals surface area contributed by atoms with Crippen LogP contribution in [0.5, 0.6) is 5.75 Å². The summed E-state index contributed by atoms with van der Waals surface area (Å²) in [6.07, 6.45) is 0.990. The number of sulfonamides is 1. The number of benzene rings is 2. The van der Waals surface area contributed by atoms with Crippen LogP contribution in [-0.2, 0) is 26.0 Å². The minimum Gasteiger partial charge on any atom is -0.508 e. The number of ether oxygens (including phenoxy) is 1. The molecule has 0 spiro atoms. The van der Waals surface area contributed by atoms with E-state index in [1.165, 1.54) is 25.3 Å². The van der Waals surface area contributed by atoms with E-state index in [1.807, 2.05) is 30.3 Å². The van der Waals surface area contributed by atoms with Crippen LogP contribution in [0.15, 0.2) is 59.5 Å². The fraction of sp³-hybridized carbons (Fsp3) is 0.278. The molecular weight excluding hydrogens is 342 g/mol. The first kappa shape index (κ1) is 19.0. The number of carbonyl (C=O) groups excluding carboxylic acids is 1. The highest BCUT2D eigenvalue weighted by Crippen LogP contribution is 2.17. The Morgan fingerprint density at radius 1 is 1.16 bits per heavy atom. The molecule has 0 radical (unpaired) electrons. The third-order valence-electron chi connectivity index (χ3n) is 3.71. The highest BCUT2D eigenvalue weighted by Gasteiger charge is 2.23. The number of esters is 1. The lowest BCUT2D eigenvalue weighted by Crippen LogP contribution is -2.37. The van der Waals surface area contributed by atoms with Gasteiger partial charge in [0.25, 0.3) is 0 Å². The minimum absolute atomic E-state index is 0.0536. The molecule has 7 heteroatoms. The van der Waals surface area contributed by atoms with Crippen molar-refractivity contribution in [1.82, 2.24) is 4.72 Å². The molecule has 0 fully saturated rings. The van der Waals surface area contributed by atoms with Crippen molar-refractivity contribution in [3.05, 3.63) is 60.2 Å². The molecule has 0 aliphatic carbocycles. The maximum Gasteiger partial charge on any atom is 0.307 e. The van der Waals surface area contributed by atoms with E-state index < -0.39 is 22.0 Å². The molecule has 0 aliphatic heterocycles. The van der Waals surface area contributed by atoms with Crippen LogP contribution in [0.1, 0.15) is 18.4 Å². The van der Waals surface area contributed by atoms with Crippen LogP contribution in [-0.4, -0.2) is 32.6 Å².